The van der Waals surface area contributed by atoms with Crippen LogP contribution in [0.3, 0.4) is 0 Å². The second kappa shape index (κ2) is 5.31. The van der Waals surface area contributed by atoms with Crippen LogP contribution in [0.25, 0.3) is 11.0 Å². The van der Waals surface area contributed by atoms with Crippen molar-refractivity contribution in [3.05, 3.63) is 40.2 Å². The fourth-order valence-corrected chi connectivity index (χ4v) is 1.37. The molecule has 6 heteroatoms. The number of aromatic hydroxyl groups is 1. The Morgan fingerprint density at radius 2 is 2.00 bits per heavy atom. The number of benzene rings is 1. The van der Waals surface area contributed by atoms with Gasteiger partial charge in [-0.1, -0.05) is 0 Å². The van der Waals surface area contributed by atoms with Crippen molar-refractivity contribution < 1.29 is 58.4 Å². The van der Waals surface area contributed by atoms with Gasteiger partial charge < -0.3 is 9.52 Å². The predicted octanol–water partition coefficient (Wildman–Crippen LogP) is 1.88. The average Bonchev–Trinajstić information content (AvgIpc) is 2.15. The van der Waals surface area contributed by atoms with Gasteiger partial charge in [0.25, 0.3) is 5.24 Å². The van der Waals surface area contributed by atoms with Gasteiger partial charge in [0.2, 0.25) is 0 Å². The standard InChI is InChI=1S/C10H5ClO4.Ac/c11-9(13)7-3-5-1-2-6(12)4-8(5)15-10(7)14;/h1-4,12H;. The van der Waals surface area contributed by atoms with Crippen molar-refractivity contribution in [2.75, 3.05) is 0 Å². The number of fused-ring (bicyclic) bond motifs is 1. The maximum atomic E-state index is 11.2. The van der Waals surface area contributed by atoms with Gasteiger partial charge in [0.05, 0.1) is 0 Å². The van der Waals surface area contributed by atoms with Crippen molar-refractivity contribution in [3.63, 3.8) is 0 Å². The van der Waals surface area contributed by atoms with Crippen LogP contribution in [0.5, 0.6) is 5.75 Å². The Kier molecular flexibility index (Phi) is 4.54. The molecule has 79 valence electrons. The Morgan fingerprint density at radius 1 is 1.31 bits per heavy atom. The Balaban J connectivity index is 0.00000128. The maximum Gasteiger partial charge on any atom is 0.348 e. The molecule has 16 heavy (non-hydrogen) atoms. The molecule has 4 nitrogen and oxygen atoms in total. The van der Waals surface area contributed by atoms with Gasteiger partial charge in [-0.2, -0.15) is 0 Å². The molecule has 0 atom stereocenters. The van der Waals surface area contributed by atoms with Gasteiger partial charge in [-0.15, -0.1) is 0 Å². The van der Waals surface area contributed by atoms with Crippen molar-refractivity contribution in [2.45, 2.75) is 0 Å². The van der Waals surface area contributed by atoms with Crippen LogP contribution in [0, 0.1) is 44.1 Å². The summed E-state index contributed by atoms with van der Waals surface area (Å²) in [5.74, 6) is -0.0180. The molecule has 0 fully saturated rings. The number of rotatable bonds is 1. The summed E-state index contributed by atoms with van der Waals surface area (Å²) in [6.07, 6.45) is 0. The number of carbonyl (C=O) groups excluding carboxylic acids is 1. The first-order valence-electron chi connectivity index (χ1n) is 4.04. The van der Waals surface area contributed by atoms with Crippen LogP contribution in [0.2, 0.25) is 0 Å². The first-order chi connectivity index (χ1) is 7.08. The largest absolute Gasteiger partial charge is 0.508 e. The summed E-state index contributed by atoms with van der Waals surface area (Å²) in [6, 6.07) is 5.57. The normalized spacial score (nSPS) is 9.81. The van der Waals surface area contributed by atoms with E-state index in [-0.39, 0.29) is 61.0 Å². The molecule has 0 unspecified atom stereocenters. The van der Waals surface area contributed by atoms with Gasteiger partial charge in [-0.05, 0) is 29.8 Å². The Hall–Kier alpha value is -0.368. The van der Waals surface area contributed by atoms with Crippen LogP contribution in [0.15, 0.2) is 33.5 Å². The number of carbonyl (C=O) groups is 1. The van der Waals surface area contributed by atoms with Crippen molar-refractivity contribution in [1.82, 2.24) is 0 Å². The Bertz CT molecular complexity index is 605. The van der Waals surface area contributed by atoms with Crippen LogP contribution in [0.4, 0.5) is 0 Å². The first-order valence-corrected chi connectivity index (χ1v) is 4.42. The summed E-state index contributed by atoms with van der Waals surface area (Å²) in [7, 11) is 0. The minimum Gasteiger partial charge on any atom is -0.508 e. The molecule has 2 aromatic rings. The van der Waals surface area contributed by atoms with Crippen molar-refractivity contribution in [1.29, 1.82) is 0 Å². The summed E-state index contributed by atoms with van der Waals surface area (Å²) in [5, 5.41) is 8.81. The summed E-state index contributed by atoms with van der Waals surface area (Å²) < 4.78 is 4.81. The molecule has 1 radical (unpaired) electrons. The minimum atomic E-state index is -0.862. The van der Waals surface area contributed by atoms with E-state index < -0.39 is 10.9 Å². The summed E-state index contributed by atoms with van der Waals surface area (Å²) >= 11 is 5.19. The first kappa shape index (κ1) is 13.7. The third-order valence-electron chi connectivity index (χ3n) is 1.93. The quantitative estimate of drug-likeness (QED) is 0.531. The van der Waals surface area contributed by atoms with Crippen LogP contribution in [-0.4, -0.2) is 10.3 Å². The molecule has 0 bridgehead atoms. The molecule has 0 saturated heterocycles. The van der Waals surface area contributed by atoms with E-state index in [0.29, 0.717) is 5.39 Å². The van der Waals surface area contributed by atoms with Crippen LogP contribution in [0.1, 0.15) is 10.4 Å². The van der Waals surface area contributed by atoms with Gasteiger partial charge in [0, 0.05) is 55.5 Å². The van der Waals surface area contributed by atoms with E-state index in [1.165, 1.54) is 24.3 Å². The number of halogens is 1. The number of phenolic OH excluding ortho intramolecular Hbond substituents is 1. The van der Waals surface area contributed by atoms with Gasteiger partial charge in [0.15, 0.2) is 0 Å². The topological polar surface area (TPSA) is 67.5 Å². The molecular weight excluding hydrogens is 447 g/mol. The molecule has 0 aliphatic carbocycles. The van der Waals surface area contributed by atoms with Crippen LogP contribution < -0.4 is 5.63 Å². The summed E-state index contributed by atoms with van der Waals surface area (Å²) in [5.41, 5.74) is -0.815. The molecule has 0 saturated carbocycles. The zero-order valence-electron chi connectivity index (χ0n) is 7.94. The molecule has 0 aliphatic heterocycles. The number of phenols is 1. The minimum absolute atomic E-state index is 0. The van der Waals surface area contributed by atoms with E-state index in [4.69, 9.17) is 21.1 Å². The third kappa shape index (κ3) is 2.65. The second-order valence-electron chi connectivity index (χ2n) is 2.94. The molecule has 0 aliphatic rings. The predicted molar refractivity (Wildman–Crippen MR) is 54.3 cm³/mol. The summed E-state index contributed by atoms with van der Waals surface area (Å²) in [4.78, 5) is 22.1. The van der Waals surface area contributed by atoms with Crippen molar-refractivity contribution >= 4 is 27.8 Å². The van der Waals surface area contributed by atoms with Crippen LogP contribution in [-0.2, 0) is 0 Å². The molecular formula is C10H5AcClO4. The van der Waals surface area contributed by atoms with E-state index in [2.05, 4.69) is 0 Å². The number of hydrogen-bond acceptors (Lipinski definition) is 4. The zero-order valence-corrected chi connectivity index (χ0v) is 13.4. The molecule has 1 heterocycles. The van der Waals surface area contributed by atoms with E-state index in [9.17, 15) is 9.59 Å². The molecule has 1 aromatic carbocycles. The van der Waals surface area contributed by atoms with Crippen molar-refractivity contribution in [2.24, 2.45) is 0 Å². The molecule has 2 rings (SSSR count). The fourth-order valence-electron chi connectivity index (χ4n) is 1.24. The smallest absolute Gasteiger partial charge is 0.348 e. The van der Waals surface area contributed by atoms with E-state index in [1.807, 2.05) is 0 Å². The monoisotopic (exact) mass is 451 g/mol. The SMILES string of the molecule is O=C(Cl)c1cc2ccc(O)cc2oc1=O.[Ac]. The third-order valence-corrected chi connectivity index (χ3v) is 2.13. The summed E-state index contributed by atoms with van der Waals surface area (Å²) in [6.45, 7) is 0. The number of hydrogen-bond donors (Lipinski definition) is 1. The second-order valence-corrected chi connectivity index (χ2v) is 3.29. The van der Waals surface area contributed by atoms with Crippen molar-refractivity contribution in [3.8, 4) is 5.75 Å². The van der Waals surface area contributed by atoms with Gasteiger partial charge in [-0.25, -0.2) is 4.79 Å². The van der Waals surface area contributed by atoms with E-state index >= 15 is 0 Å². The Labute approximate surface area is 131 Å². The van der Waals surface area contributed by atoms with E-state index in [1.54, 1.807) is 0 Å². The van der Waals surface area contributed by atoms with Crippen LogP contribution >= 0.6 is 11.6 Å². The van der Waals surface area contributed by atoms with Gasteiger partial charge >= 0.3 is 5.63 Å². The average molecular weight is 452 g/mol. The fraction of sp³-hybridized carbons (Fsp3) is 0. The van der Waals surface area contributed by atoms with Gasteiger partial charge in [-0.3, -0.25) is 4.79 Å². The molecule has 1 aromatic heterocycles. The maximum absolute atomic E-state index is 11.2. The van der Waals surface area contributed by atoms with E-state index in [0.717, 1.165) is 0 Å². The Morgan fingerprint density at radius 3 is 2.62 bits per heavy atom. The van der Waals surface area contributed by atoms with Gasteiger partial charge in [0.1, 0.15) is 16.9 Å². The zero-order chi connectivity index (χ0) is 11.0. The molecule has 1 N–H and O–H groups in total. The molecule has 0 spiro atoms. The molecule has 0 amide bonds.